The van der Waals surface area contributed by atoms with Crippen molar-refractivity contribution in [3.63, 3.8) is 0 Å². The van der Waals surface area contributed by atoms with E-state index in [4.69, 9.17) is 10.5 Å². The zero-order valence-electron chi connectivity index (χ0n) is 7.88. The van der Waals surface area contributed by atoms with Gasteiger partial charge in [-0.05, 0) is 34.0 Å². The number of anilines is 1. The maximum Gasteiger partial charge on any atom is 0.156 e. The molecule has 3 heteroatoms. The van der Waals surface area contributed by atoms with Crippen LogP contribution in [0.25, 0.3) is 0 Å². The van der Waals surface area contributed by atoms with Crippen LogP contribution in [0.4, 0.5) is 5.69 Å². The molecule has 0 aliphatic rings. The van der Waals surface area contributed by atoms with Crippen LogP contribution in [0.2, 0.25) is 0 Å². The Hall–Kier alpha value is -0.700. The molecule has 2 nitrogen and oxygen atoms in total. The Morgan fingerprint density at radius 2 is 2.15 bits per heavy atom. The van der Waals surface area contributed by atoms with Gasteiger partial charge in [0.15, 0.2) is 5.75 Å². The second-order valence-electron chi connectivity index (χ2n) is 3.36. The molecule has 0 saturated heterocycles. The van der Waals surface area contributed by atoms with Gasteiger partial charge in [-0.15, -0.1) is 0 Å². The Labute approximate surface area is 87.2 Å². The van der Waals surface area contributed by atoms with Gasteiger partial charge in [-0.25, -0.2) is 0 Å². The van der Waals surface area contributed by atoms with Crippen molar-refractivity contribution in [2.45, 2.75) is 13.8 Å². The van der Waals surface area contributed by atoms with Gasteiger partial charge in [0.2, 0.25) is 0 Å². The summed E-state index contributed by atoms with van der Waals surface area (Å²) in [6, 6.07) is 5.65. The molecule has 0 saturated carbocycles. The Kier molecular flexibility index (Phi) is 3.60. The van der Waals surface area contributed by atoms with Crippen molar-refractivity contribution >= 4 is 21.6 Å². The van der Waals surface area contributed by atoms with Crippen LogP contribution in [-0.4, -0.2) is 6.61 Å². The van der Waals surface area contributed by atoms with Crippen LogP contribution in [0.15, 0.2) is 22.7 Å². The lowest BCUT2D eigenvalue weighted by Crippen LogP contribution is -2.06. The molecular formula is C10H14BrNO. The molecule has 1 rings (SSSR count). The number of hydrogen-bond donors (Lipinski definition) is 1. The molecule has 0 aliphatic heterocycles. The average molecular weight is 244 g/mol. The minimum Gasteiger partial charge on any atom is -0.490 e. The molecular weight excluding hydrogens is 230 g/mol. The van der Waals surface area contributed by atoms with E-state index >= 15 is 0 Å². The standard InChI is InChI=1S/C10H14BrNO/c1-7(2)6-13-10-8(11)4-3-5-9(10)12/h3-5,7H,6,12H2,1-2H3. The quantitative estimate of drug-likeness (QED) is 0.829. The van der Waals surface area contributed by atoms with E-state index in [0.717, 1.165) is 10.2 Å². The van der Waals surface area contributed by atoms with Gasteiger partial charge in [0.1, 0.15) is 0 Å². The third kappa shape index (κ3) is 2.92. The topological polar surface area (TPSA) is 35.2 Å². The van der Waals surface area contributed by atoms with Crippen LogP contribution in [0.5, 0.6) is 5.75 Å². The lowest BCUT2D eigenvalue weighted by atomic mass is 10.2. The first kappa shape index (κ1) is 10.4. The zero-order valence-corrected chi connectivity index (χ0v) is 9.47. The number of benzene rings is 1. The third-order valence-electron chi connectivity index (χ3n) is 1.56. The molecule has 0 aromatic heterocycles. The Bertz CT molecular complexity index is 266. The second kappa shape index (κ2) is 4.51. The van der Waals surface area contributed by atoms with Crippen LogP contribution in [0.3, 0.4) is 0 Å². The summed E-state index contributed by atoms with van der Waals surface area (Å²) in [6.07, 6.45) is 0. The SMILES string of the molecule is CC(C)COc1c(N)cccc1Br. The highest BCUT2D eigenvalue weighted by Gasteiger charge is 2.05. The lowest BCUT2D eigenvalue weighted by Gasteiger charge is -2.12. The first-order chi connectivity index (χ1) is 6.11. The average Bonchev–Trinajstić information content (AvgIpc) is 2.03. The summed E-state index contributed by atoms with van der Waals surface area (Å²) < 4.78 is 6.47. The summed E-state index contributed by atoms with van der Waals surface area (Å²) in [5.74, 6) is 1.25. The fourth-order valence-electron chi connectivity index (χ4n) is 0.928. The zero-order chi connectivity index (χ0) is 9.84. The number of hydrogen-bond acceptors (Lipinski definition) is 2. The Morgan fingerprint density at radius 1 is 1.46 bits per heavy atom. The van der Waals surface area contributed by atoms with E-state index in [0.29, 0.717) is 18.2 Å². The molecule has 0 radical (unpaired) electrons. The predicted octanol–water partition coefficient (Wildman–Crippen LogP) is 3.07. The van der Waals surface area contributed by atoms with Gasteiger partial charge in [0.25, 0.3) is 0 Å². The Balaban J connectivity index is 2.75. The van der Waals surface area contributed by atoms with Crippen molar-refractivity contribution in [2.24, 2.45) is 5.92 Å². The highest BCUT2D eigenvalue weighted by atomic mass is 79.9. The summed E-state index contributed by atoms with van der Waals surface area (Å²) in [5, 5.41) is 0. The number of halogens is 1. The molecule has 0 unspecified atom stereocenters. The van der Waals surface area contributed by atoms with Crippen molar-refractivity contribution in [1.82, 2.24) is 0 Å². The monoisotopic (exact) mass is 243 g/mol. The summed E-state index contributed by atoms with van der Waals surface area (Å²) in [7, 11) is 0. The summed E-state index contributed by atoms with van der Waals surface area (Å²) >= 11 is 3.39. The number of ether oxygens (including phenoxy) is 1. The van der Waals surface area contributed by atoms with Crippen LogP contribution >= 0.6 is 15.9 Å². The molecule has 1 aromatic rings. The minimum absolute atomic E-state index is 0.506. The number of nitrogen functional groups attached to an aromatic ring is 1. The van der Waals surface area contributed by atoms with Gasteiger partial charge >= 0.3 is 0 Å². The van der Waals surface area contributed by atoms with Crippen molar-refractivity contribution in [3.05, 3.63) is 22.7 Å². The lowest BCUT2D eigenvalue weighted by molar-refractivity contribution is 0.271. The van der Waals surface area contributed by atoms with Crippen molar-refractivity contribution < 1.29 is 4.74 Å². The normalized spacial score (nSPS) is 10.5. The van der Waals surface area contributed by atoms with E-state index in [1.165, 1.54) is 0 Å². The first-order valence-electron chi connectivity index (χ1n) is 4.28. The van der Waals surface area contributed by atoms with Crippen LogP contribution in [0, 0.1) is 5.92 Å². The van der Waals surface area contributed by atoms with Crippen LogP contribution in [-0.2, 0) is 0 Å². The molecule has 0 aliphatic carbocycles. The van der Waals surface area contributed by atoms with Crippen LogP contribution < -0.4 is 10.5 Å². The minimum atomic E-state index is 0.506. The largest absolute Gasteiger partial charge is 0.490 e. The molecule has 0 heterocycles. The van der Waals surface area contributed by atoms with Gasteiger partial charge in [-0.1, -0.05) is 19.9 Å². The molecule has 0 amide bonds. The molecule has 1 aromatic carbocycles. The first-order valence-corrected chi connectivity index (χ1v) is 5.07. The maximum absolute atomic E-state index is 5.75. The highest BCUT2D eigenvalue weighted by Crippen LogP contribution is 2.31. The van der Waals surface area contributed by atoms with E-state index in [-0.39, 0.29) is 0 Å². The molecule has 0 spiro atoms. The van der Waals surface area contributed by atoms with Crippen molar-refractivity contribution in [2.75, 3.05) is 12.3 Å². The Morgan fingerprint density at radius 3 is 2.69 bits per heavy atom. The van der Waals surface area contributed by atoms with Gasteiger partial charge in [-0.2, -0.15) is 0 Å². The predicted molar refractivity (Wildman–Crippen MR) is 58.9 cm³/mol. The molecule has 0 bridgehead atoms. The summed E-state index contributed by atoms with van der Waals surface area (Å²) in [4.78, 5) is 0. The number of nitrogens with two attached hydrogens (primary N) is 1. The maximum atomic E-state index is 5.75. The van der Waals surface area contributed by atoms with E-state index in [1.807, 2.05) is 18.2 Å². The smallest absolute Gasteiger partial charge is 0.156 e. The second-order valence-corrected chi connectivity index (χ2v) is 4.22. The van der Waals surface area contributed by atoms with Gasteiger partial charge in [0, 0.05) is 0 Å². The van der Waals surface area contributed by atoms with E-state index in [9.17, 15) is 0 Å². The van der Waals surface area contributed by atoms with E-state index in [1.54, 1.807) is 0 Å². The molecule has 0 fully saturated rings. The summed E-state index contributed by atoms with van der Waals surface area (Å²) in [6.45, 7) is 4.90. The van der Waals surface area contributed by atoms with Gasteiger partial charge in [-0.3, -0.25) is 0 Å². The highest BCUT2D eigenvalue weighted by molar-refractivity contribution is 9.10. The van der Waals surface area contributed by atoms with Crippen molar-refractivity contribution in [3.8, 4) is 5.75 Å². The summed E-state index contributed by atoms with van der Waals surface area (Å²) in [5.41, 5.74) is 6.43. The molecule has 72 valence electrons. The van der Waals surface area contributed by atoms with Gasteiger partial charge < -0.3 is 10.5 Å². The molecule has 0 atom stereocenters. The third-order valence-corrected chi connectivity index (χ3v) is 2.18. The van der Waals surface area contributed by atoms with Gasteiger partial charge in [0.05, 0.1) is 16.8 Å². The molecule has 2 N–H and O–H groups in total. The molecule has 13 heavy (non-hydrogen) atoms. The fourth-order valence-corrected chi connectivity index (χ4v) is 1.42. The number of rotatable bonds is 3. The van der Waals surface area contributed by atoms with E-state index in [2.05, 4.69) is 29.8 Å². The van der Waals surface area contributed by atoms with E-state index < -0.39 is 0 Å². The number of para-hydroxylation sites is 1. The van der Waals surface area contributed by atoms with Crippen molar-refractivity contribution in [1.29, 1.82) is 0 Å². The van der Waals surface area contributed by atoms with Crippen LogP contribution in [0.1, 0.15) is 13.8 Å². The fraction of sp³-hybridized carbons (Fsp3) is 0.400.